The number of carbonyl (C=O) groups excluding carboxylic acids is 1. The Bertz CT molecular complexity index is 219. The predicted octanol–water partition coefficient (Wildman–Crippen LogP) is -0.150. The van der Waals surface area contributed by atoms with Crippen molar-refractivity contribution in [2.75, 3.05) is 44.9 Å². The molecule has 14 heavy (non-hydrogen) atoms. The Morgan fingerprint density at radius 3 is 3.00 bits per heavy atom. The van der Waals surface area contributed by atoms with Crippen molar-refractivity contribution in [2.24, 2.45) is 0 Å². The number of carbonyl (C=O) groups is 1. The van der Waals surface area contributed by atoms with Crippen molar-refractivity contribution in [1.82, 2.24) is 9.80 Å². The minimum atomic E-state index is -0.229. The molecule has 1 atom stereocenters. The topological polar surface area (TPSA) is 32.8 Å². The number of rotatable bonds is 1. The van der Waals surface area contributed by atoms with E-state index < -0.39 is 0 Å². The largest absolute Gasteiger partial charge is 0.366 e. The smallest absolute Gasteiger partial charge is 0.253 e. The minimum Gasteiger partial charge on any atom is -0.366 e. The molecule has 0 spiro atoms. The van der Waals surface area contributed by atoms with Gasteiger partial charge in [0.05, 0.1) is 12.5 Å². The molecule has 2 saturated heterocycles. The summed E-state index contributed by atoms with van der Waals surface area (Å²) in [7, 11) is 2.03. The van der Waals surface area contributed by atoms with Crippen LogP contribution < -0.4 is 0 Å². The molecular weight excluding hydrogens is 200 g/mol. The van der Waals surface area contributed by atoms with Crippen LogP contribution in [0.5, 0.6) is 0 Å². The normalized spacial score (nSPS) is 29.5. The summed E-state index contributed by atoms with van der Waals surface area (Å²) in [4.78, 5) is 16.0. The number of likely N-dealkylation sites (N-methyl/N-ethyl adjacent to an activating group) is 1. The van der Waals surface area contributed by atoms with E-state index in [1.54, 1.807) is 0 Å². The molecule has 2 rings (SSSR count). The van der Waals surface area contributed by atoms with Crippen molar-refractivity contribution in [1.29, 1.82) is 0 Å². The highest BCUT2D eigenvalue weighted by atomic mass is 32.2. The maximum atomic E-state index is 11.9. The molecule has 1 unspecified atom stereocenters. The zero-order valence-electron chi connectivity index (χ0n) is 8.44. The molecule has 80 valence electrons. The second kappa shape index (κ2) is 4.51. The lowest BCUT2D eigenvalue weighted by molar-refractivity contribution is -0.147. The van der Waals surface area contributed by atoms with Gasteiger partial charge in [-0.25, -0.2) is 0 Å². The summed E-state index contributed by atoms with van der Waals surface area (Å²) >= 11 is 1.81. The molecule has 0 aromatic rings. The van der Waals surface area contributed by atoms with Crippen molar-refractivity contribution in [2.45, 2.75) is 6.10 Å². The highest BCUT2D eigenvalue weighted by molar-refractivity contribution is 7.99. The van der Waals surface area contributed by atoms with Crippen LogP contribution in [-0.4, -0.2) is 66.7 Å². The van der Waals surface area contributed by atoms with E-state index in [4.69, 9.17) is 4.74 Å². The van der Waals surface area contributed by atoms with Gasteiger partial charge in [-0.2, -0.15) is 0 Å². The van der Waals surface area contributed by atoms with E-state index in [2.05, 4.69) is 4.90 Å². The fourth-order valence-corrected chi connectivity index (χ4v) is 2.67. The van der Waals surface area contributed by atoms with E-state index in [1.165, 1.54) is 0 Å². The van der Waals surface area contributed by atoms with Crippen LogP contribution in [0.1, 0.15) is 0 Å². The molecule has 2 heterocycles. The summed E-state index contributed by atoms with van der Waals surface area (Å²) in [6, 6.07) is 0. The molecule has 0 aromatic heterocycles. The van der Waals surface area contributed by atoms with E-state index in [-0.39, 0.29) is 12.0 Å². The van der Waals surface area contributed by atoms with Crippen LogP contribution in [0.4, 0.5) is 0 Å². The molecule has 0 aromatic carbocycles. The Labute approximate surface area is 88.6 Å². The first-order valence-corrected chi connectivity index (χ1v) is 6.09. The Balaban J connectivity index is 1.89. The van der Waals surface area contributed by atoms with E-state index in [0.717, 1.165) is 31.3 Å². The lowest BCUT2D eigenvalue weighted by Crippen LogP contribution is -2.49. The molecule has 1 amide bonds. The van der Waals surface area contributed by atoms with Gasteiger partial charge >= 0.3 is 0 Å². The SMILES string of the molecule is CN1CCOC(C(=O)N2CCSC2)C1. The highest BCUT2D eigenvalue weighted by Gasteiger charge is 2.30. The third-order valence-corrected chi connectivity index (χ3v) is 3.57. The Morgan fingerprint density at radius 2 is 2.36 bits per heavy atom. The number of ether oxygens (including phenoxy) is 1. The summed E-state index contributed by atoms with van der Waals surface area (Å²) in [6.07, 6.45) is -0.229. The van der Waals surface area contributed by atoms with Crippen molar-refractivity contribution >= 4 is 17.7 Å². The van der Waals surface area contributed by atoms with Gasteiger partial charge in [0.25, 0.3) is 5.91 Å². The van der Waals surface area contributed by atoms with Crippen LogP contribution in [-0.2, 0) is 9.53 Å². The van der Waals surface area contributed by atoms with Crippen molar-refractivity contribution < 1.29 is 9.53 Å². The first kappa shape index (κ1) is 10.3. The third kappa shape index (κ3) is 2.21. The lowest BCUT2D eigenvalue weighted by Gasteiger charge is -2.31. The van der Waals surface area contributed by atoms with Crippen LogP contribution in [0.15, 0.2) is 0 Å². The summed E-state index contributed by atoms with van der Waals surface area (Å²) in [5, 5.41) is 0. The molecule has 0 saturated carbocycles. The third-order valence-electron chi connectivity index (χ3n) is 2.61. The van der Waals surface area contributed by atoms with Gasteiger partial charge < -0.3 is 14.5 Å². The van der Waals surface area contributed by atoms with Crippen LogP contribution >= 0.6 is 11.8 Å². The monoisotopic (exact) mass is 216 g/mol. The molecule has 0 aliphatic carbocycles. The molecule has 2 aliphatic rings. The summed E-state index contributed by atoms with van der Waals surface area (Å²) < 4.78 is 5.48. The molecule has 2 aliphatic heterocycles. The standard InChI is InChI=1S/C9H16N2O2S/c1-10-2-4-13-8(6-10)9(12)11-3-5-14-7-11/h8H,2-7H2,1H3. The van der Waals surface area contributed by atoms with Gasteiger partial charge in [0.15, 0.2) is 0 Å². The van der Waals surface area contributed by atoms with Crippen molar-refractivity contribution in [3.63, 3.8) is 0 Å². The highest BCUT2D eigenvalue weighted by Crippen LogP contribution is 2.16. The first-order chi connectivity index (χ1) is 6.77. The fourth-order valence-electron chi connectivity index (χ4n) is 1.72. The molecule has 4 nitrogen and oxygen atoms in total. The van der Waals surface area contributed by atoms with E-state index in [0.29, 0.717) is 6.61 Å². The number of nitrogens with zero attached hydrogens (tertiary/aromatic N) is 2. The lowest BCUT2D eigenvalue weighted by atomic mass is 10.2. The van der Waals surface area contributed by atoms with Gasteiger partial charge in [-0.3, -0.25) is 4.79 Å². The average Bonchev–Trinajstić information content (AvgIpc) is 2.69. The number of morpholine rings is 1. The second-order valence-corrected chi connectivity index (χ2v) is 4.84. The molecule has 0 bridgehead atoms. The minimum absolute atomic E-state index is 0.168. The molecule has 5 heteroatoms. The Morgan fingerprint density at radius 1 is 1.50 bits per heavy atom. The Hall–Kier alpha value is -0.260. The quantitative estimate of drug-likeness (QED) is 0.610. The predicted molar refractivity (Wildman–Crippen MR) is 56.3 cm³/mol. The van der Waals surface area contributed by atoms with E-state index in [1.807, 2.05) is 23.7 Å². The van der Waals surface area contributed by atoms with E-state index >= 15 is 0 Å². The second-order valence-electron chi connectivity index (χ2n) is 3.76. The van der Waals surface area contributed by atoms with Gasteiger partial charge in [-0.1, -0.05) is 0 Å². The molecular formula is C9H16N2O2S. The molecule has 0 N–H and O–H groups in total. The maximum Gasteiger partial charge on any atom is 0.253 e. The van der Waals surface area contributed by atoms with Crippen molar-refractivity contribution in [3.05, 3.63) is 0 Å². The average molecular weight is 216 g/mol. The number of thioether (sulfide) groups is 1. The Kier molecular flexibility index (Phi) is 3.30. The molecule has 0 radical (unpaired) electrons. The van der Waals surface area contributed by atoms with Crippen LogP contribution in [0.3, 0.4) is 0 Å². The first-order valence-electron chi connectivity index (χ1n) is 4.94. The zero-order valence-corrected chi connectivity index (χ0v) is 9.26. The van der Waals surface area contributed by atoms with Crippen LogP contribution in [0, 0.1) is 0 Å². The van der Waals surface area contributed by atoms with Gasteiger partial charge in [0.2, 0.25) is 0 Å². The fraction of sp³-hybridized carbons (Fsp3) is 0.889. The van der Waals surface area contributed by atoms with E-state index in [9.17, 15) is 4.79 Å². The summed E-state index contributed by atoms with van der Waals surface area (Å²) in [6.45, 7) is 3.22. The van der Waals surface area contributed by atoms with Gasteiger partial charge in [0.1, 0.15) is 6.10 Å². The maximum absolute atomic E-state index is 11.9. The summed E-state index contributed by atoms with van der Waals surface area (Å²) in [5.74, 6) is 2.07. The molecule has 2 fully saturated rings. The van der Waals surface area contributed by atoms with Gasteiger partial charge in [-0.15, -0.1) is 11.8 Å². The van der Waals surface area contributed by atoms with Gasteiger partial charge in [-0.05, 0) is 7.05 Å². The van der Waals surface area contributed by atoms with Crippen molar-refractivity contribution in [3.8, 4) is 0 Å². The van der Waals surface area contributed by atoms with Crippen LogP contribution in [0.25, 0.3) is 0 Å². The number of amides is 1. The number of hydrogen-bond donors (Lipinski definition) is 0. The van der Waals surface area contributed by atoms with Crippen LogP contribution in [0.2, 0.25) is 0 Å². The van der Waals surface area contributed by atoms with Gasteiger partial charge in [0, 0.05) is 25.4 Å². The zero-order chi connectivity index (χ0) is 9.97. The number of hydrogen-bond acceptors (Lipinski definition) is 4. The summed E-state index contributed by atoms with van der Waals surface area (Å²) in [5.41, 5.74) is 0.